The first-order chi connectivity index (χ1) is 16.7. The number of hydrogen-bond acceptors (Lipinski definition) is 7. The van der Waals surface area contributed by atoms with Crippen molar-refractivity contribution in [1.82, 2.24) is 9.71 Å². The maximum atomic E-state index is 13.0. The van der Waals surface area contributed by atoms with E-state index in [2.05, 4.69) is 15.0 Å². The molecule has 1 heterocycles. The molecule has 186 valence electrons. The Bertz CT molecular complexity index is 1280. The van der Waals surface area contributed by atoms with E-state index in [4.69, 9.17) is 27.9 Å². The van der Waals surface area contributed by atoms with E-state index in [1.165, 1.54) is 30.3 Å². The number of carboxylic acids is 1. The molecule has 0 saturated carbocycles. The Labute approximate surface area is 212 Å². The zero-order chi connectivity index (χ0) is 25.4. The number of phenolic OH excluding ortho intramolecular Hbond substituents is 1. The van der Waals surface area contributed by atoms with Crippen molar-refractivity contribution in [3.05, 3.63) is 76.4 Å². The molecular weight excluding hydrogens is 517 g/mol. The van der Waals surface area contributed by atoms with E-state index >= 15 is 0 Å². The molecule has 4 N–H and O–H groups in total. The van der Waals surface area contributed by atoms with Crippen LogP contribution in [-0.2, 0) is 14.8 Å². The first-order valence-corrected chi connectivity index (χ1v) is 12.7. The number of phenols is 1. The van der Waals surface area contributed by atoms with Crippen molar-refractivity contribution in [2.75, 3.05) is 18.5 Å². The van der Waals surface area contributed by atoms with Crippen LogP contribution in [0.1, 0.15) is 24.4 Å². The third-order valence-electron chi connectivity index (χ3n) is 4.79. The molecule has 0 spiro atoms. The fourth-order valence-corrected chi connectivity index (χ4v) is 4.93. The number of sulfonamides is 1. The molecule has 0 aliphatic heterocycles. The predicted octanol–water partition coefficient (Wildman–Crippen LogP) is 4.47. The van der Waals surface area contributed by atoms with Gasteiger partial charge < -0.3 is 20.3 Å². The van der Waals surface area contributed by atoms with Gasteiger partial charge in [-0.3, -0.25) is 4.79 Å². The average Bonchev–Trinajstić information content (AvgIpc) is 2.81. The Kier molecular flexibility index (Phi) is 9.16. The Hall–Kier alpha value is -3.05. The van der Waals surface area contributed by atoms with E-state index in [1.807, 2.05) is 18.2 Å². The molecule has 3 aromatic rings. The number of carboxylic acid groups (broad SMARTS) is 1. The number of carbonyl (C=O) groups is 1. The highest BCUT2D eigenvalue weighted by atomic mass is 35.5. The summed E-state index contributed by atoms with van der Waals surface area (Å²) < 4.78 is 34.1. The molecule has 1 atom stereocenters. The van der Waals surface area contributed by atoms with Crippen LogP contribution in [-0.4, -0.2) is 42.7 Å². The van der Waals surface area contributed by atoms with Crippen molar-refractivity contribution >= 4 is 45.0 Å². The van der Waals surface area contributed by atoms with E-state index in [-0.39, 0.29) is 20.5 Å². The van der Waals surface area contributed by atoms with E-state index in [1.54, 1.807) is 12.3 Å². The van der Waals surface area contributed by atoms with Crippen molar-refractivity contribution in [1.29, 1.82) is 0 Å². The lowest BCUT2D eigenvalue weighted by Crippen LogP contribution is -2.30. The van der Waals surface area contributed by atoms with E-state index in [0.29, 0.717) is 25.3 Å². The summed E-state index contributed by atoms with van der Waals surface area (Å²) in [6.07, 6.45) is 1.67. The van der Waals surface area contributed by atoms with Crippen molar-refractivity contribution in [2.24, 2.45) is 0 Å². The molecule has 0 fully saturated rings. The quantitative estimate of drug-likeness (QED) is 0.247. The first kappa shape index (κ1) is 26.6. The lowest BCUT2D eigenvalue weighted by molar-refractivity contribution is -0.137. The van der Waals surface area contributed by atoms with Crippen LogP contribution in [0.5, 0.6) is 11.5 Å². The number of pyridine rings is 1. The number of rotatable bonds is 12. The van der Waals surface area contributed by atoms with Crippen LogP contribution in [0.3, 0.4) is 0 Å². The monoisotopic (exact) mass is 539 g/mol. The number of anilines is 1. The lowest BCUT2D eigenvalue weighted by atomic mass is 10.0. The molecule has 0 saturated heterocycles. The van der Waals surface area contributed by atoms with E-state index in [9.17, 15) is 23.4 Å². The largest absolute Gasteiger partial charge is 0.506 e. The lowest BCUT2D eigenvalue weighted by Gasteiger charge is -2.20. The van der Waals surface area contributed by atoms with Crippen molar-refractivity contribution in [2.45, 2.75) is 23.8 Å². The van der Waals surface area contributed by atoms with Crippen LogP contribution in [0.15, 0.2) is 65.7 Å². The number of aromatic nitrogens is 1. The smallest absolute Gasteiger partial charge is 0.305 e. The van der Waals surface area contributed by atoms with Gasteiger partial charge in [0.05, 0.1) is 29.0 Å². The summed E-state index contributed by atoms with van der Waals surface area (Å²) >= 11 is 11.9. The summed E-state index contributed by atoms with van der Waals surface area (Å²) in [5.74, 6) is -0.672. The molecule has 35 heavy (non-hydrogen) atoms. The van der Waals surface area contributed by atoms with Gasteiger partial charge in [0.2, 0.25) is 10.0 Å². The summed E-state index contributed by atoms with van der Waals surface area (Å²) in [6.45, 7) is 0.937. The number of ether oxygens (including phenoxy) is 1. The molecular formula is C23H23Cl2N3O6S. The van der Waals surface area contributed by atoms with Crippen LogP contribution >= 0.6 is 23.2 Å². The number of nitrogens with one attached hydrogen (secondary N) is 2. The van der Waals surface area contributed by atoms with Crippen LogP contribution in [0.4, 0.5) is 5.82 Å². The minimum atomic E-state index is -4.20. The number of halogens is 2. The SMILES string of the molecule is O=C(O)C[C@H](NS(=O)(=O)c1cccc(OCCCNc2ccccn2)c1)c1cc(Cl)cc(Cl)c1O. The van der Waals surface area contributed by atoms with E-state index < -0.39 is 34.2 Å². The molecule has 0 aliphatic carbocycles. The Balaban J connectivity index is 1.68. The number of aliphatic carboxylic acids is 1. The zero-order valence-corrected chi connectivity index (χ0v) is 20.6. The predicted molar refractivity (Wildman–Crippen MR) is 133 cm³/mol. The maximum absolute atomic E-state index is 13.0. The van der Waals surface area contributed by atoms with Gasteiger partial charge in [-0.05, 0) is 42.8 Å². The molecule has 1 aromatic heterocycles. The maximum Gasteiger partial charge on any atom is 0.305 e. The molecule has 3 rings (SSSR count). The van der Waals surface area contributed by atoms with Gasteiger partial charge in [0, 0.05) is 29.4 Å². The van der Waals surface area contributed by atoms with Crippen LogP contribution < -0.4 is 14.8 Å². The summed E-state index contributed by atoms with van der Waals surface area (Å²) in [7, 11) is -4.20. The molecule has 0 unspecified atom stereocenters. The van der Waals surface area contributed by atoms with Gasteiger partial charge in [0.25, 0.3) is 0 Å². The minimum absolute atomic E-state index is 0.0544. The number of aromatic hydroxyl groups is 1. The molecule has 0 bridgehead atoms. The second-order valence-electron chi connectivity index (χ2n) is 7.42. The van der Waals surface area contributed by atoms with Gasteiger partial charge >= 0.3 is 5.97 Å². The van der Waals surface area contributed by atoms with Crippen molar-refractivity contribution in [3.8, 4) is 11.5 Å². The van der Waals surface area contributed by atoms with Crippen molar-refractivity contribution in [3.63, 3.8) is 0 Å². The molecule has 2 aromatic carbocycles. The van der Waals surface area contributed by atoms with Crippen LogP contribution in [0.25, 0.3) is 0 Å². The number of benzene rings is 2. The topological polar surface area (TPSA) is 138 Å². The van der Waals surface area contributed by atoms with Crippen LogP contribution in [0.2, 0.25) is 10.0 Å². The van der Waals surface area contributed by atoms with E-state index in [0.717, 1.165) is 5.82 Å². The van der Waals surface area contributed by atoms with Gasteiger partial charge in [-0.15, -0.1) is 0 Å². The standard InChI is InChI=1S/C23H23Cl2N3O6S/c24-15-11-18(23(31)19(25)12-15)20(14-22(29)30)28-35(32,33)17-6-3-5-16(13-17)34-10-4-9-27-21-7-1-2-8-26-21/h1-3,5-8,11-13,20,28,31H,4,9-10,14H2,(H,26,27)(H,29,30)/t20-/m0/s1. The fraction of sp³-hybridized carbons (Fsp3) is 0.217. The molecule has 9 nitrogen and oxygen atoms in total. The first-order valence-electron chi connectivity index (χ1n) is 10.5. The van der Waals surface area contributed by atoms with Crippen molar-refractivity contribution < 1.29 is 28.2 Å². The zero-order valence-electron chi connectivity index (χ0n) is 18.3. The average molecular weight is 540 g/mol. The summed E-state index contributed by atoms with van der Waals surface area (Å²) in [5.41, 5.74) is -0.0544. The Morgan fingerprint density at radius 3 is 2.63 bits per heavy atom. The third-order valence-corrected chi connectivity index (χ3v) is 6.76. The second-order valence-corrected chi connectivity index (χ2v) is 9.97. The summed E-state index contributed by atoms with van der Waals surface area (Å²) in [4.78, 5) is 15.4. The van der Waals surface area contributed by atoms with Gasteiger partial charge in [0.1, 0.15) is 17.3 Å². The van der Waals surface area contributed by atoms with Gasteiger partial charge in [0.15, 0.2) is 0 Å². The molecule has 0 amide bonds. The Morgan fingerprint density at radius 1 is 1.11 bits per heavy atom. The molecule has 0 aliphatic rings. The highest BCUT2D eigenvalue weighted by Gasteiger charge is 2.27. The Morgan fingerprint density at radius 2 is 1.91 bits per heavy atom. The fourth-order valence-electron chi connectivity index (χ4n) is 3.17. The second kappa shape index (κ2) is 12.1. The minimum Gasteiger partial charge on any atom is -0.506 e. The van der Waals surface area contributed by atoms with Gasteiger partial charge in [-0.2, -0.15) is 0 Å². The highest BCUT2D eigenvalue weighted by Crippen LogP contribution is 2.36. The van der Waals surface area contributed by atoms with Crippen LogP contribution in [0, 0.1) is 0 Å². The number of nitrogens with zero attached hydrogens (tertiary/aromatic N) is 1. The van der Waals surface area contributed by atoms with Gasteiger partial charge in [-0.25, -0.2) is 18.1 Å². The molecule has 12 heteroatoms. The van der Waals surface area contributed by atoms with Gasteiger partial charge in [-0.1, -0.05) is 35.3 Å². The summed E-state index contributed by atoms with van der Waals surface area (Å²) in [6, 6.07) is 12.5. The highest BCUT2D eigenvalue weighted by molar-refractivity contribution is 7.89. The normalized spacial score (nSPS) is 12.2. The number of hydrogen-bond donors (Lipinski definition) is 4. The summed E-state index contributed by atoms with van der Waals surface area (Å²) in [5, 5.41) is 22.7. The molecule has 0 radical (unpaired) electrons. The third kappa shape index (κ3) is 7.72.